The van der Waals surface area contributed by atoms with Crippen molar-refractivity contribution in [3.8, 4) is 5.75 Å². The van der Waals surface area contributed by atoms with Crippen molar-refractivity contribution in [1.29, 1.82) is 0 Å². The normalized spacial score (nSPS) is 16.0. The Kier molecular flexibility index (Phi) is 5.77. The Morgan fingerprint density at radius 1 is 1.20 bits per heavy atom. The zero-order chi connectivity index (χ0) is 21.3. The number of nitrogens with zero attached hydrogens (tertiary/aromatic N) is 2. The maximum absolute atomic E-state index is 14.2. The lowest BCUT2D eigenvalue weighted by Gasteiger charge is -2.34. The first-order valence-corrected chi connectivity index (χ1v) is 10.4. The van der Waals surface area contributed by atoms with Crippen molar-refractivity contribution in [2.24, 2.45) is 0 Å². The van der Waals surface area contributed by atoms with Crippen LogP contribution in [0.4, 0.5) is 15.8 Å². The summed E-state index contributed by atoms with van der Waals surface area (Å²) >= 11 is 0. The van der Waals surface area contributed by atoms with Crippen LogP contribution < -0.4 is 15.0 Å². The predicted octanol–water partition coefficient (Wildman–Crippen LogP) is 4.83. The SMILES string of the molecule is COc1cccc2c(NC(C)c3cc(F)ccc3N3CCC(O)CC3)cc(C)nc12. The molecule has 0 radical (unpaired) electrons. The topological polar surface area (TPSA) is 57.6 Å². The first kappa shape index (κ1) is 20.4. The molecule has 1 atom stereocenters. The Labute approximate surface area is 176 Å². The molecule has 0 saturated carbocycles. The second-order valence-corrected chi connectivity index (χ2v) is 7.96. The molecule has 0 spiro atoms. The Morgan fingerprint density at radius 3 is 2.70 bits per heavy atom. The van der Waals surface area contributed by atoms with Crippen molar-refractivity contribution >= 4 is 22.3 Å². The van der Waals surface area contributed by atoms with E-state index in [0.29, 0.717) is 0 Å². The average Bonchev–Trinajstić information content (AvgIpc) is 2.74. The van der Waals surface area contributed by atoms with Gasteiger partial charge in [0.25, 0.3) is 0 Å². The van der Waals surface area contributed by atoms with Gasteiger partial charge in [0, 0.05) is 41.1 Å². The van der Waals surface area contributed by atoms with Gasteiger partial charge in [-0.1, -0.05) is 12.1 Å². The van der Waals surface area contributed by atoms with Crippen LogP contribution >= 0.6 is 0 Å². The minimum absolute atomic E-state index is 0.126. The van der Waals surface area contributed by atoms with Crippen LogP contribution in [0.5, 0.6) is 5.75 Å². The standard InChI is InChI=1S/C24H28FN3O2/c1-15-13-21(19-5-4-6-23(30-3)24(19)26-15)27-16(2)20-14-17(25)7-8-22(20)28-11-9-18(29)10-12-28/h4-8,13-14,16,18,29H,9-12H2,1-3H3,(H,26,27). The van der Waals surface area contributed by atoms with Crippen LogP contribution in [0.3, 0.4) is 0 Å². The highest BCUT2D eigenvalue weighted by molar-refractivity contribution is 5.95. The lowest BCUT2D eigenvalue weighted by molar-refractivity contribution is 0.145. The van der Waals surface area contributed by atoms with E-state index >= 15 is 0 Å². The number of hydrogen-bond acceptors (Lipinski definition) is 5. The molecule has 0 aliphatic carbocycles. The molecule has 2 heterocycles. The summed E-state index contributed by atoms with van der Waals surface area (Å²) in [5.41, 5.74) is 4.53. The summed E-state index contributed by atoms with van der Waals surface area (Å²) in [6.45, 7) is 5.52. The van der Waals surface area contributed by atoms with Gasteiger partial charge in [0.05, 0.1) is 19.3 Å². The number of benzene rings is 2. The molecule has 3 aromatic rings. The van der Waals surface area contributed by atoms with Gasteiger partial charge in [-0.2, -0.15) is 0 Å². The molecule has 1 aliphatic heterocycles. The minimum atomic E-state index is -0.253. The number of aliphatic hydroxyl groups is 1. The second kappa shape index (κ2) is 8.48. The fraction of sp³-hybridized carbons (Fsp3) is 0.375. The van der Waals surface area contributed by atoms with Gasteiger partial charge < -0.3 is 20.1 Å². The van der Waals surface area contributed by atoms with Crippen LogP contribution in [0, 0.1) is 12.7 Å². The van der Waals surface area contributed by atoms with Gasteiger partial charge >= 0.3 is 0 Å². The van der Waals surface area contributed by atoms with Crippen molar-refractivity contribution in [3.05, 3.63) is 59.5 Å². The van der Waals surface area contributed by atoms with Crippen molar-refractivity contribution in [2.75, 3.05) is 30.4 Å². The summed E-state index contributed by atoms with van der Waals surface area (Å²) in [5, 5.41) is 14.4. The molecule has 1 aromatic heterocycles. The predicted molar refractivity (Wildman–Crippen MR) is 119 cm³/mol. The molecule has 6 heteroatoms. The van der Waals surface area contributed by atoms with Crippen molar-refractivity contribution < 1.29 is 14.2 Å². The smallest absolute Gasteiger partial charge is 0.145 e. The molecular formula is C24H28FN3O2. The third-order valence-electron chi connectivity index (χ3n) is 5.78. The number of piperidine rings is 1. The molecule has 158 valence electrons. The van der Waals surface area contributed by atoms with E-state index in [0.717, 1.165) is 65.2 Å². The van der Waals surface area contributed by atoms with Crippen LogP contribution in [0.25, 0.3) is 10.9 Å². The van der Waals surface area contributed by atoms with Gasteiger partial charge in [0.15, 0.2) is 0 Å². The number of pyridine rings is 1. The number of fused-ring (bicyclic) bond motifs is 1. The van der Waals surface area contributed by atoms with Gasteiger partial charge in [0.1, 0.15) is 17.1 Å². The second-order valence-electron chi connectivity index (χ2n) is 7.96. The monoisotopic (exact) mass is 409 g/mol. The molecule has 1 aliphatic rings. The van der Waals surface area contributed by atoms with Gasteiger partial charge in [-0.05, 0) is 57.0 Å². The highest BCUT2D eigenvalue weighted by Gasteiger charge is 2.22. The number of ether oxygens (including phenoxy) is 1. The summed E-state index contributed by atoms with van der Waals surface area (Å²) in [4.78, 5) is 6.88. The van der Waals surface area contributed by atoms with Crippen LogP contribution in [0.2, 0.25) is 0 Å². The van der Waals surface area contributed by atoms with Crippen LogP contribution in [-0.2, 0) is 0 Å². The molecule has 0 amide bonds. The molecule has 30 heavy (non-hydrogen) atoms. The number of aromatic nitrogens is 1. The lowest BCUT2D eigenvalue weighted by atomic mass is 10.0. The third-order valence-corrected chi connectivity index (χ3v) is 5.78. The van der Waals surface area contributed by atoms with E-state index in [1.807, 2.05) is 44.2 Å². The van der Waals surface area contributed by atoms with Crippen molar-refractivity contribution in [1.82, 2.24) is 4.98 Å². The van der Waals surface area contributed by atoms with Crippen LogP contribution in [0.15, 0.2) is 42.5 Å². The van der Waals surface area contributed by atoms with Crippen LogP contribution in [0.1, 0.15) is 37.1 Å². The lowest BCUT2D eigenvalue weighted by Crippen LogP contribution is -2.36. The number of halogens is 1. The molecule has 2 aromatic carbocycles. The number of methoxy groups -OCH3 is 1. The zero-order valence-electron chi connectivity index (χ0n) is 17.7. The number of aryl methyl sites for hydroxylation is 1. The fourth-order valence-electron chi connectivity index (χ4n) is 4.21. The number of nitrogens with one attached hydrogen (secondary N) is 1. The Bertz CT molecular complexity index is 1050. The molecule has 0 bridgehead atoms. The highest BCUT2D eigenvalue weighted by Crippen LogP contribution is 2.35. The third kappa shape index (κ3) is 4.05. The molecule has 4 rings (SSSR count). The minimum Gasteiger partial charge on any atom is -0.494 e. The number of anilines is 2. The summed E-state index contributed by atoms with van der Waals surface area (Å²) in [7, 11) is 1.64. The number of aliphatic hydroxyl groups excluding tert-OH is 1. The van der Waals surface area contributed by atoms with E-state index < -0.39 is 0 Å². The molecule has 5 nitrogen and oxygen atoms in total. The Morgan fingerprint density at radius 2 is 1.97 bits per heavy atom. The van der Waals surface area contributed by atoms with E-state index in [4.69, 9.17) is 4.74 Å². The summed E-state index contributed by atoms with van der Waals surface area (Å²) in [6.07, 6.45) is 1.21. The van der Waals surface area contributed by atoms with Crippen molar-refractivity contribution in [3.63, 3.8) is 0 Å². The summed E-state index contributed by atoms with van der Waals surface area (Å²) < 4.78 is 19.7. The van der Waals surface area contributed by atoms with Gasteiger partial charge in [-0.25, -0.2) is 9.37 Å². The van der Waals surface area contributed by atoms with Gasteiger partial charge in [-0.3, -0.25) is 0 Å². The van der Waals surface area contributed by atoms with Crippen molar-refractivity contribution in [2.45, 2.75) is 38.8 Å². The molecule has 1 fully saturated rings. The first-order valence-electron chi connectivity index (χ1n) is 10.4. The maximum Gasteiger partial charge on any atom is 0.145 e. The number of para-hydroxylation sites is 1. The van der Waals surface area contributed by atoms with Gasteiger partial charge in [0.2, 0.25) is 0 Å². The fourth-order valence-corrected chi connectivity index (χ4v) is 4.21. The van der Waals surface area contributed by atoms with E-state index in [1.165, 1.54) is 6.07 Å². The summed E-state index contributed by atoms with van der Waals surface area (Å²) in [5.74, 6) is 0.474. The first-order chi connectivity index (χ1) is 14.5. The Hall–Kier alpha value is -2.86. The Balaban J connectivity index is 1.70. The van der Waals surface area contributed by atoms with E-state index in [-0.39, 0.29) is 18.0 Å². The molecular weight excluding hydrogens is 381 g/mol. The van der Waals surface area contributed by atoms with Crippen LogP contribution in [-0.4, -0.2) is 36.4 Å². The highest BCUT2D eigenvalue weighted by atomic mass is 19.1. The van der Waals surface area contributed by atoms with Gasteiger partial charge in [-0.15, -0.1) is 0 Å². The average molecular weight is 410 g/mol. The van der Waals surface area contributed by atoms with E-state index in [9.17, 15) is 9.50 Å². The largest absolute Gasteiger partial charge is 0.494 e. The quantitative estimate of drug-likeness (QED) is 0.632. The number of rotatable bonds is 5. The van der Waals surface area contributed by atoms with E-state index in [1.54, 1.807) is 13.2 Å². The molecule has 1 unspecified atom stereocenters. The number of hydrogen-bond donors (Lipinski definition) is 2. The maximum atomic E-state index is 14.2. The summed E-state index contributed by atoms with van der Waals surface area (Å²) in [6, 6.07) is 12.7. The zero-order valence-corrected chi connectivity index (χ0v) is 17.7. The molecule has 1 saturated heterocycles. The molecule has 2 N–H and O–H groups in total. The van der Waals surface area contributed by atoms with E-state index in [2.05, 4.69) is 15.2 Å².